The third-order valence-electron chi connectivity index (χ3n) is 2.46. The molecule has 1 aromatic heterocycles. The van der Waals surface area contributed by atoms with Gasteiger partial charge < -0.3 is 15.6 Å². The van der Waals surface area contributed by atoms with Crippen LogP contribution in [0.25, 0.3) is 0 Å². The van der Waals surface area contributed by atoms with Crippen molar-refractivity contribution in [3.05, 3.63) is 51.7 Å². The second-order valence-corrected chi connectivity index (χ2v) is 4.69. The summed E-state index contributed by atoms with van der Waals surface area (Å²) in [5, 5.41) is 10.6. The highest BCUT2D eigenvalue weighted by Gasteiger charge is 2.12. The van der Waals surface area contributed by atoms with Crippen LogP contribution in [0.15, 0.2) is 35.7 Å². The van der Waals surface area contributed by atoms with Crippen LogP contribution in [-0.4, -0.2) is 17.0 Å². The molecular weight excluding hydrogens is 266 g/mol. The molecule has 0 unspecified atom stereocenters. The van der Waals surface area contributed by atoms with E-state index < -0.39 is 11.9 Å². The van der Waals surface area contributed by atoms with Crippen LogP contribution in [0.5, 0.6) is 5.75 Å². The quantitative estimate of drug-likeness (QED) is 0.876. The van der Waals surface area contributed by atoms with Crippen LogP contribution >= 0.6 is 11.3 Å². The molecule has 98 valence electrons. The number of aromatic carboxylic acids is 1. The van der Waals surface area contributed by atoms with E-state index >= 15 is 0 Å². The summed E-state index contributed by atoms with van der Waals surface area (Å²) >= 11 is 1.11. The summed E-state index contributed by atoms with van der Waals surface area (Å²) in [6.45, 7) is 0.232. The second-order valence-electron chi connectivity index (χ2n) is 3.77. The van der Waals surface area contributed by atoms with Crippen LogP contribution in [0.1, 0.15) is 25.6 Å². The number of thiophene rings is 1. The number of hydrogen-bond donors (Lipinski definition) is 2. The first-order valence-electron chi connectivity index (χ1n) is 5.40. The maximum atomic E-state index is 10.9. The summed E-state index contributed by atoms with van der Waals surface area (Å²) in [6.07, 6.45) is 0. The van der Waals surface area contributed by atoms with Gasteiger partial charge in [-0.25, -0.2) is 4.79 Å². The van der Waals surface area contributed by atoms with Gasteiger partial charge in [0.15, 0.2) is 4.88 Å². The number of carboxylic acids is 1. The largest absolute Gasteiger partial charge is 0.487 e. The molecule has 19 heavy (non-hydrogen) atoms. The smallest absolute Gasteiger partial charge is 0.349 e. The predicted molar refractivity (Wildman–Crippen MR) is 70.6 cm³/mol. The number of rotatable bonds is 5. The van der Waals surface area contributed by atoms with E-state index in [-0.39, 0.29) is 11.5 Å². The fraction of sp³-hybridized carbons (Fsp3) is 0.0769. The van der Waals surface area contributed by atoms with Gasteiger partial charge in [0, 0.05) is 5.56 Å². The number of amides is 1. The number of carboxylic acid groups (broad SMARTS) is 1. The first-order chi connectivity index (χ1) is 9.08. The van der Waals surface area contributed by atoms with Crippen molar-refractivity contribution in [2.45, 2.75) is 6.61 Å². The van der Waals surface area contributed by atoms with Crippen LogP contribution in [0.4, 0.5) is 0 Å². The molecule has 0 bridgehead atoms. The fourth-order valence-corrected chi connectivity index (χ4v) is 2.17. The minimum Gasteiger partial charge on any atom is -0.487 e. The Labute approximate surface area is 113 Å². The molecule has 2 rings (SSSR count). The van der Waals surface area contributed by atoms with Crippen LogP contribution in [-0.2, 0) is 6.61 Å². The molecule has 0 fully saturated rings. The van der Waals surface area contributed by atoms with E-state index in [0.29, 0.717) is 11.3 Å². The van der Waals surface area contributed by atoms with Gasteiger partial charge in [-0.2, -0.15) is 0 Å². The van der Waals surface area contributed by atoms with Gasteiger partial charge >= 0.3 is 5.97 Å². The zero-order chi connectivity index (χ0) is 13.8. The fourth-order valence-electron chi connectivity index (χ4n) is 1.49. The van der Waals surface area contributed by atoms with Crippen molar-refractivity contribution in [1.29, 1.82) is 0 Å². The van der Waals surface area contributed by atoms with Crippen molar-refractivity contribution < 1.29 is 19.4 Å². The van der Waals surface area contributed by atoms with Crippen molar-refractivity contribution in [2.24, 2.45) is 5.73 Å². The number of carbonyl (C=O) groups is 2. The Balaban J connectivity index is 2.04. The third-order valence-corrected chi connectivity index (χ3v) is 3.34. The molecule has 0 aliphatic rings. The van der Waals surface area contributed by atoms with Gasteiger partial charge in [0.25, 0.3) is 0 Å². The summed E-state index contributed by atoms with van der Waals surface area (Å²) in [5.74, 6) is -1.15. The van der Waals surface area contributed by atoms with E-state index in [2.05, 4.69) is 0 Å². The molecule has 5 nitrogen and oxygen atoms in total. The highest BCUT2D eigenvalue weighted by Crippen LogP contribution is 2.25. The summed E-state index contributed by atoms with van der Waals surface area (Å²) in [7, 11) is 0. The highest BCUT2D eigenvalue weighted by atomic mass is 32.1. The summed E-state index contributed by atoms with van der Waals surface area (Å²) in [5.41, 5.74) is 6.38. The molecule has 0 saturated heterocycles. The Bertz CT molecular complexity index is 603. The van der Waals surface area contributed by atoms with Gasteiger partial charge in [-0.1, -0.05) is 12.1 Å². The summed E-state index contributed by atoms with van der Waals surface area (Å²) < 4.78 is 5.44. The highest BCUT2D eigenvalue weighted by molar-refractivity contribution is 7.12. The van der Waals surface area contributed by atoms with Crippen LogP contribution in [0, 0.1) is 0 Å². The number of primary amides is 1. The van der Waals surface area contributed by atoms with Crippen molar-refractivity contribution in [3.8, 4) is 5.75 Å². The molecule has 1 heterocycles. The Morgan fingerprint density at radius 3 is 2.47 bits per heavy atom. The van der Waals surface area contributed by atoms with E-state index in [1.807, 2.05) is 0 Å². The molecule has 0 radical (unpaired) electrons. The van der Waals surface area contributed by atoms with Gasteiger partial charge in [-0.3, -0.25) is 4.79 Å². The number of carbonyl (C=O) groups excluding carboxylic acids is 1. The summed E-state index contributed by atoms with van der Waals surface area (Å²) in [4.78, 5) is 22.0. The lowest BCUT2D eigenvalue weighted by molar-refractivity contribution is 0.0697. The van der Waals surface area contributed by atoms with Gasteiger partial charge in [0.1, 0.15) is 12.4 Å². The first-order valence-corrected chi connectivity index (χ1v) is 6.28. The van der Waals surface area contributed by atoms with Gasteiger partial charge in [-0.05, 0) is 29.1 Å². The topological polar surface area (TPSA) is 89.6 Å². The zero-order valence-electron chi connectivity index (χ0n) is 9.83. The zero-order valence-corrected chi connectivity index (χ0v) is 10.6. The molecular formula is C13H11NO4S. The molecule has 0 atom stereocenters. The average molecular weight is 277 g/mol. The first kappa shape index (κ1) is 13.1. The number of benzene rings is 1. The molecule has 6 heteroatoms. The van der Waals surface area contributed by atoms with Gasteiger partial charge in [0.2, 0.25) is 5.91 Å². The molecule has 1 aromatic carbocycles. The Morgan fingerprint density at radius 2 is 1.89 bits per heavy atom. The van der Waals surface area contributed by atoms with Gasteiger partial charge in [0.05, 0.1) is 0 Å². The molecule has 1 amide bonds. The lowest BCUT2D eigenvalue weighted by Crippen LogP contribution is -2.10. The van der Waals surface area contributed by atoms with E-state index in [9.17, 15) is 9.59 Å². The Morgan fingerprint density at radius 1 is 1.21 bits per heavy atom. The molecule has 2 aromatic rings. The monoisotopic (exact) mass is 277 g/mol. The molecule has 0 saturated carbocycles. The summed E-state index contributed by atoms with van der Waals surface area (Å²) in [6, 6.07) is 8.26. The maximum absolute atomic E-state index is 10.9. The number of nitrogens with two attached hydrogens (primary N) is 1. The van der Waals surface area contributed by atoms with E-state index in [1.165, 1.54) is 0 Å². The van der Waals surface area contributed by atoms with E-state index in [1.54, 1.807) is 35.7 Å². The second kappa shape index (κ2) is 5.53. The average Bonchev–Trinajstić information content (AvgIpc) is 2.85. The van der Waals surface area contributed by atoms with Crippen LogP contribution < -0.4 is 10.5 Å². The van der Waals surface area contributed by atoms with Crippen LogP contribution in [0.2, 0.25) is 0 Å². The van der Waals surface area contributed by atoms with Crippen molar-refractivity contribution in [3.63, 3.8) is 0 Å². The third kappa shape index (κ3) is 3.11. The van der Waals surface area contributed by atoms with E-state index in [4.69, 9.17) is 15.6 Å². The minimum absolute atomic E-state index is 0.175. The number of ether oxygens (including phenoxy) is 1. The standard InChI is InChI=1S/C13H11NO4S/c14-12(15)9-3-1-8(2-4-9)7-18-10-5-6-19-11(10)13(16)17/h1-6H,7H2,(H2,14,15)(H,16,17). The lowest BCUT2D eigenvalue weighted by Gasteiger charge is -2.06. The minimum atomic E-state index is -1.01. The maximum Gasteiger partial charge on any atom is 0.349 e. The van der Waals surface area contributed by atoms with Crippen LogP contribution in [0.3, 0.4) is 0 Å². The Hall–Kier alpha value is -2.34. The van der Waals surface area contributed by atoms with Crippen molar-refractivity contribution >= 4 is 23.2 Å². The Kier molecular flexibility index (Phi) is 3.82. The van der Waals surface area contributed by atoms with E-state index in [0.717, 1.165) is 16.9 Å². The molecule has 0 aliphatic heterocycles. The van der Waals surface area contributed by atoms with Crippen molar-refractivity contribution in [1.82, 2.24) is 0 Å². The normalized spacial score (nSPS) is 10.1. The SMILES string of the molecule is NC(=O)c1ccc(COc2ccsc2C(=O)O)cc1. The molecule has 3 N–H and O–H groups in total. The van der Waals surface area contributed by atoms with Crippen molar-refractivity contribution in [2.75, 3.05) is 0 Å². The molecule has 0 aliphatic carbocycles. The van der Waals surface area contributed by atoms with Gasteiger partial charge in [-0.15, -0.1) is 11.3 Å². The molecule has 0 spiro atoms. The lowest BCUT2D eigenvalue weighted by atomic mass is 10.1. The number of hydrogen-bond acceptors (Lipinski definition) is 4. The predicted octanol–water partition coefficient (Wildman–Crippen LogP) is 2.12.